The maximum atomic E-state index is 12.7. The van der Waals surface area contributed by atoms with Gasteiger partial charge in [-0.25, -0.2) is 13.4 Å². The summed E-state index contributed by atoms with van der Waals surface area (Å²) in [6.45, 7) is 9.25. The summed E-state index contributed by atoms with van der Waals surface area (Å²) in [6, 6.07) is 15.7. The van der Waals surface area contributed by atoms with E-state index < -0.39 is 14.8 Å². The fourth-order valence-corrected chi connectivity index (χ4v) is 5.55. The zero-order valence-electron chi connectivity index (χ0n) is 23.3. The summed E-state index contributed by atoms with van der Waals surface area (Å²) in [5.41, 5.74) is 5.62. The van der Waals surface area contributed by atoms with Gasteiger partial charge in [0.15, 0.2) is 0 Å². The molecule has 9 nitrogen and oxygen atoms in total. The van der Waals surface area contributed by atoms with Crippen molar-refractivity contribution in [3.05, 3.63) is 59.8 Å². The molecule has 0 amide bonds. The number of nitrogens with one attached hydrogen (secondary N) is 3. The van der Waals surface area contributed by atoms with Gasteiger partial charge in [-0.3, -0.25) is 4.72 Å². The molecule has 1 aliphatic heterocycles. The number of piperazine rings is 1. The number of benzene rings is 2. The minimum Gasteiger partial charge on any atom is -0.369 e. The Morgan fingerprint density at radius 1 is 0.821 bits per heavy atom. The second kappa shape index (κ2) is 11.0. The molecule has 0 atom stereocenters. The number of rotatable bonds is 7. The SMILES string of the molecule is CN1CCN(c2ccc(Nc3nc4c(c(Nc5cccc(NS(=O)(=O)C(C)(C)C)c5)n3)CCCC4)cc2)CC1. The summed E-state index contributed by atoms with van der Waals surface area (Å²) in [5, 5.41) is 6.84. The van der Waals surface area contributed by atoms with Crippen LogP contribution in [0.4, 0.5) is 34.5 Å². The van der Waals surface area contributed by atoms with Gasteiger partial charge in [0.05, 0.1) is 16.1 Å². The number of fused-ring (bicyclic) bond motifs is 1. The maximum absolute atomic E-state index is 12.7. The third kappa shape index (κ3) is 6.45. The predicted octanol–water partition coefficient (Wildman–Crippen LogP) is 5.13. The van der Waals surface area contributed by atoms with Crippen LogP contribution in [0.2, 0.25) is 0 Å². The average Bonchev–Trinajstić information content (AvgIpc) is 2.89. The van der Waals surface area contributed by atoms with Crippen LogP contribution in [0, 0.1) is 0 Å². The molecule has 208 valence electrons. The molecule has 1 aliphatic carbocycles. The number of anilines is 6. The molecule has 0 saturated carbocycles. The van der Waals surface area contributed by atoms with E-state index in [2.05, 4.69) is 56.5 Å². The Bertz CT molecular complexity index is 1410. The summed E-state index contributed by atoms with van der Waals surface area (Å²) < 4.78 is 27.1. The smallest absolute Gasteiger partial charge is 0.237 e. The highest BCUT2D eigenvalue weighted by Crippen LogP contribution is 2.31. The van der Waals surface area contributed by atoms with Crippen LogP contribution in [-0.2, 0) is 22.9 Å². The fraction of sp³-hybridized carbons (Fsp3) is 0.448. The molecule has 3 N–H and O–H groups in total. The predicted molar refractivity (Wildman–Crippen MR) is 160 cm³/mol. The maximum Gasteiger partial charge on any atom is 0.237 e. The van der Waals surface area contributed by atoms with E-state index in [-0.39, 0.29) is 0 Å². The van der Waals surface area contributed by atoms with Gasteiger partial charge in [-0.15, -0.1) is 0 Å². The van der Waals surface area contributed by atoms with Gasteiger partial charge < -0.3 is 20.4 Å². The second-order valence-electron chi connectivity index (χ2n) is 11.4. The van der Waals surface area contributed by atoms with Gasteiger partial charge in [0.1, 0.15) is 5.82 Å². The van der Waals surface area contributed by atoms with Crippen LogP contribution in [0.5, 0.6) is 0 Å². The van der Waals surface area contributed by atoms with Crippen molar-refractivity contribution in [2.45, 2.75) is 51.2 Å². The molecule has 0 unspecified atom stereocenters. The van der Waals surface area contributed by atoms with Crippen molar-refractivity contribution in [1.82, 2.24) is 14.9 Å². The molecule has 0 bridgehead atoms. The molecule has 1 aromatic heterocycles. The molecule has 2 aliphatic rings. The molecule has 3 aromatic rings. The van der Waals surface area contributed by atoms with Crippen molar-refractivity contribution in [3.63, 3.8) is 0 Å². The molecular formula is C29H39N7O2S. The van der Waals surface area contributed by atoms with Crippen molar-refractivity contribution >= 4 is 44.5 Å². The quantitative estimate of drug-likeness (QED) is 0.373. The first kappa shape index (κ1) is 27.2. The minimum absolute atomic E-state index is 0.511. The zero-order chi connectivity index (χ0) is 27.6. The van der Waals surface area contributed by atoms with Crippen LogP contribution in [-0.4, -0.2) is 61.3 Å². The lowest BCUT2D eigenvalue weighted by Gasteiger charge is -2.34. The molecule has 1 saturated heterocycles. The highest BCUT2D eigenvalue weighted by Gasteiger charge is 2.29. The monoisotopic (exact) mass is 549 g/mol. The number of sulfonamides is 1. The third-order valence-corrected chi connectivity index (χ3v) is 9.48. The van der Waals surface area contributed by atoms with Gasteiger partial charge in [0.2, 0.25) is 16.0 Å². The van der Waals surface area contributed by atoms with E-state index in [1.165, 1.54) is 5.69 Å². The van der Waals surface area contributed by atoms with Gasteiger partial charge in [-0.05, 0) is 96.0 Å². The van der Waals surface area contributed by atoms with Crippen LogP contribution in [0.25, 0.3) is 0 Å². The molecule has 10 heteroatoms. The Balaban J connectivity index is 1.35. The van der Waals surface area contributed by atoms with E-state index in [4.69, 9.17) is 9.97 Å². The highest BCUT2D eigenvalue weighted by molar-refractivity contribution is 7.94. The first-order valence-corrected chi connectivity index (χ1v) is 15.2. The van der Waals surface area contributed by atoms with Gasteiger partial charge in [0, 0.05) is 48.8 Å². The van der Waals surface area contributed by atoms with Crippen molar-refractivity contribution in [2.24, 2.45) is 0 Å². The lowest BCUT2D eigenvalue weighted by molar-refractivity contribution is 0.313. The van der Waals surface area contributed by atoms with E-state index in [1.54, 1.807) is 32.9 Å². The number of aromatic nitrogens is 2. The minimum atomic E-state index is -3.53. The van der Waals surface area contributed by atoms with Crippen LogP contribution in [0.1, 0.15) is 44.9 Å². The fourth-order valence-electron chi connectivity index (χ4n) is 4.81. The lowest BCUT2D eigenvalue weighted by Crippen LogP contribution is -2.44. The van der Waals surface area contributed by atoms with Crippen molar-refractivity contribution in [3.8, 4) is 0 Å². The van der Waals surface area contributed by atoms with Crippen LogP contribution < -0.4 is 20.3 Å². The Hall–Kier alpha value is -3.37. The van der Waals surface area contributed by atoms with Crippen LogP contribution in [0.15, 0.2) is 48.5 Å². The van der Waals surface area contributed by atoms with Crippen molar-refractivity contribution < 1.29 is 8.42 Å². The first-order chi connectivity index (χ1) is 18.6. The zero-order valence-corrected chi connectivity index (χ0v) is 24.1. The van der Waals surface area contributed by atoms with Crippen LogP contribution >= 0.6 is 0 Å². The van der Waals surface area contributed by atoms with E-state index in [1.807, 2.05) is 12.1 Å². The molecular weight excluding hydrogens is 510 g/mol. The third-order valence-electron chi connectivity index (χ3n) is 7.36. The summed E-state index contributed by atoms with van der Waals surface area (Å²) in [5.74, 6) is 1.31. The molecule has 2 heterocycles. The summed E-state index contributed by atoms with van der Waals surface area (Å²) in [6.07, 6.45) is 4.02. The van der Waals surface area contributed by atoms with Crippen LogP contribution in [0.3, 0.4) is 0 Å². The molecule has 0 spiro atoms. The van der Waals surface area contributed by atoms with Gasteiger partial charge >= 0.3 is 0 Å². The van der Waals surface area contributed by atoms with Crippen molar-refractivity contribution in [2.75, 3.05) is 53.5 Å². The second-order valence-corrected chi connectivity index (χ2v) is 13.8. The van der Waals surface area contributed by atoms with E-state index in [0.717, 1.165) is 80.3 Å². The number of hydrogen-bond acceptors (Lipinski definition) is 8. The lowest BCUT2D eigenvalue weighted by atomic mass is 9.96. The van der Waals surface area contributed by atoms with Crippen molar-refractivity contribution in [1.29, 1.82) is 0 Å². The number of hydrogen-bond donors (Lipinski definition) is 3. The average molecular weight is 550 g/mol. The van der Waals surface area contributed by atoms with Gasteiger partial charge in [-0.1, -0.05) is 6.07 Å². The largest absolute Gasteiger partial charge is 0.369 e. The normalized spacial score (nSPS) is 16.5. The Labute approximate surface area is 232 Å². The number of nitrogens with zero attached hydrogens (tertiary/aromatic N) is 4. The number of aryl methyl sites for hydroxylation is 1. The molecule has 39 heavy (non-hydrogen) atoms. The molecule has 5 rings (SSSR count). The van der Waals surface area contributed by atoms with E-state index in [0.29, 0.717) is 11.6 Å². The van der Waals surface area contributed by atoms with E-state index in [9.17, 15) is 8.42 Å². The summed E-state index contributed by atoms with van der Waals surface area (Å²) in [7, 11) is -1.36. The van der Waals surface area contributed by atoms with E-state index >= 15 is 0 Å². The summed E-state index contributed by atoms with van der Waals surface area (Å²) >= 11 is 0. The molecule has 2 aromatic carbocycles. The Morgan fingerprint density at radius 2 is 1.51 bits per heavy atom. The highest BCUT2D eigenvalue weighted by atomic mass is 32.2. The first-order valence-electron chi connectivity index (χ1n) is 13.7. The topological polar surface area (TPSA) is 102 Å². The van der Waals surface area contributed by atoms with Gasteiger partial charge in [0.25, 0.3) is 0 Å². The number of likely N-dealkylation sites (N-methyl/N-ethyl adjacent to an activating group) is 1. The standard InChI is InChI=1S/C29H39N7O2S/c1-29(2,3)39(37,38)34-23-9-7-8-22(20-23)30-27-25-10-5-6-11-26(25)32-28(33-27)31-21-12-14-24(15-13-21)36-18-16-35(4)17-19-36/h7-9,12-15,20,34H,5-6,10-11,16-19H2,1-4H3,(H2,30,31,32,33). The molecule has 1 fully saturated rings. The Kier molecular flexibility index (Phi) is 7.68. The molecule has 0 radical (unpaired) electrons. The Morgan fingerprint density at radius 3 is 2.23 bits per heavy atom. The van der Waals surface area contributed by atoms with Gasteiger partial charge in [-0.2, -0.15) is 4.98 Å². The summed E-state index contributed by atoms with van der Waals surface area (Å²) in [4.78, 5) is 14.5.